The van der Waals surface area contributed by atoms with Crippen molar-refractivity contribution in [3.63, 3.8) is 0 Å². The van der Waals surface area contributed by atoms with Crippen LogP contribution >= 0.6 is 0 Å². The number of allylic oxidation sites excluding steroid dienone is 4. The third-order valence-electron chi connectivity index (χ3n) is 12.9. The molecule has 0 saturated heterocycles. The number of carbonyl (C=O) groups is 3. The van der Waals surface area contributed by atoms with Crippen LogP contribution in [0, 0.1) is 61.6 Å². The van der Waals surface area contributed by atoms with Crippen LogP contribution in [-0.2, 0) is 19.1 Å². The Morgan fingerprint density at radius 2 is 1.74 bits per heavy atom. The van der Waals surface area contributed by atoms with E-state index in [9.17, 15) is 24.8 Å². The zero-order chi connectivity index (χ0) is 28.8. The molecule has 1 N–H and O–H groups in total. The van der Waals surface area contributed by atoms with Crippen molar-refractivity contribution < 1.29 is 24.2 Å². The van der Waals surface area contributed by atoms with Gasteiger partial charge in [0.1, 0.15) is 6.07 Å². The second kappa shape index (κ2) is 8.62. The number of nitrogens with zero attached hydrogens (tertiary/aromatic N) is 1. The van der Waals surface area contributed by atoms with Crippen LogP contribution in [0.1, 0.15) is 92.9 Å². The Kier molecular flexibility index (Phi) is 6.25. The van der Waals surface area contributed by atoms with Crippen molar-refractivity contribution in [2.75, 3.05) is 13.7 Å². The van der Waals surface area contributed by atoms with E-state index in [0.717, 1.165) is 44.1 Å². The summed E-state index contributed by atoms with van der Waals surface area (Å²) in [5.74, 6) is -0.761. The van der Waals surface area contributed by atoms with E-state index in [1.165, 1.54) is 7.11 Å². The lowest BCUT2D eigenvalue weighted by Crippen LogP contribution is -2.66. The molecule has 5 aliphatic rings. The highest BCUT2D eigenvalue weighted by molar-refractivity contribution is 6.05. The van der Waals surface area contributed by atoms with E-state index in [-0.39, 0.29) is 63.7 Å². The number of fused-ring (bicyclic) bond motifs is 7. The fourth-order valence-corrected chi connectivity index (χ4v) is 10.5. The SMILES string of the molecule is COC(=O)[C@]12CCC(C)(C)CC1C1C(=O)C=C3[C@@]4(C)C=C(C#N)C(=O)[C@@](C)(CCO)C4CC[C@@]3(C)[C@]1(C)CC2. The number of methoxy groups -OCH3 is 1. The minimum absolute atomic E-state index is 0.0372. The maximum Gasteiger partial charge on any atom is 0.312 e. The van der Waals surface area contributed by atoms with Crippen molar-refractivity contribution in [2.45, 2.75) is 92.9 Å². The van der Waals surface area contributed by atoms with E-state index in [0.29, 0.717) is 12.8 Å². The molecule has 0 heterocycles. The van der Waals surface area contributed by atoms with Crippen LogP contribution in [-0.4, -0.2) is 36.4 Å². The van der Waals surface area contributed by atoms with E-state index in [4.69, 9.17) is 4.74 Å². The highest BCUT2D eigenvalue weighted by atomic mass is 16.5. The van der Waals surface area contributed by atoms with Gasteiger partial charge in [0.2, 0.25) is 0 Å². The highest BCUT2D eigenvalue weighted by Gasteiger charge is 2.71. The molecular weight excluding hydrogens is 490 g/mol. The fourth-order valence-electron chi connectivity index (χ4n) is 10.5. The normalized spacial score (nSPS) is 46.4. The lowest BCUT2D eigenvalue weighted by molar-refractivity contribution is -0.191. The summed E-state index contributed by atoms with van der Waals surface area (Å²) in [6.45, 7) is 12.9. The number of Topliss-reactive ketones (excluding diaryl/α,β-unsaturated/α-hetero) is 1. The standard InChI is InChI=1S/C33H45NO5/c1-28(2)10-12-33(27(38)39-7)13-11-32(6)25(21(33)18-28)22(36)16-24-30(4)17-20(19-34)26(37)29(3,14-15-35)23(30)8-9-31(24,32)5/h16-17,21,23,25,35H,8-15,18H2,1-7H3/t21?,23?,25?,29-,30-,31+,32+,33-/m0/s1. The summed E-state index contributed by atoms with van der Waals surface area (Å²) in [6, 6.07) is 2.15. The smallest absolute Gasteiger partial charge is 0.312 e. The molecule has 0 radical (unpaired) electrons. The van der Waals surface area contributed by atoms with Crippen LogP contribution in [0.5, 0.6) is 0 Å². The molecule has 5 aliphatic carbocycles. The number of hydrogen-bond acceptors (Lipinski definition) is 6. The summed E-state index contributed by atoms with van der Waals surface area (Å²) in [5, 5.41) is 19.9. The Bertz CT molecular complexity index is 1240. The molecule has 3 fully saturated rings. The molecule has 0 aromatic heterocycles. The Hall–Kier alpha value is -2.26. The maximum atomic E-state index is 14.4. The minimum atomic E-state index is -0.869. The van der Waals surface area contributed by atoms with E-state index in [1.54, 1.807) is 0 Å². The second-order valence-electron chi connectivity index (χ2n) is 15.1. The minimum Gasteiger partial charge on any atom is -0.469 e. The second-order valence-corrected chi connectivity index (χ2v) is 15.1. The van der Waals surface area contributed by atoms with Gasteiger partial charge in [-0.2, -0.15) is 5.26 Å². The number of carbonyl (C=O) groups excluding carboxylic acids is 3. The molecule has 0 aliphatic heterocycles. The summed E-state index contributed by atoms with van der Waals surface area (Å²) >= 11 is 0. The number of esters is 1. The van der Waals surface area contributed by atoms with Crippen molar-refractivity contribution in [1.29, 1.82) is 5.26 Å². The van der Waals surface area contributed by atoms with E-state index >= 15 is 0 Å². The number of ketones is 2. The molecule has 212 valence electrons. The first-order chi connectivity index (χ1) is 18.1. The number of aliphatic hydroxyl groups excluding tert-OH is 1. The predicted molar refractivity (Wildman–Crippen MR) is 147 cm³/mol. The molecule has 6 nitrogen and oxygen atoms in total. The summed E-state index contributed by atoms with van der Waals surface area (Å²) < 4.78 is 5.41. The summed E-state index contributed by atoms with van der Waals surface area (Å²) in [6.07, 6.45) is 9.56. The van der Waals surface area contributed by atoms with Crippen molar-refractivity contribution in [2.24, 2.45) is 50.2 Å². The number of aliphatic hydroxyl groups is 1. The first-order valence-corrected chi connectivity index (χ1v) is 14.7. The topological polar surface area (TPSA) is 104 Å². The van der Waals surface area contributed by atoms with Gasteiger partial charge in [-0.15, -0.1) is 0 Å². The number of nitriles is 1. The predicted octanol–water partition coefficient (Wildman–Crippen LogP) is 5.74. The van der Waals surface area contributed by atoms with Gasteiger partial charge in [0, 0.05) is 23.4 Å². The first-order valence-electron chi connectivity index (χ1n) is 14.7. The van der Waals surface area contributed by atoms with E-state index < -0.39 is 16.2 Å². The van der Waals surface area contributed by atoms with Crippen molar-refractivity contribution in [3.05, 3.63) is 23.3 Å². The molecule has 8 atom stereocenters. The van der Waals surface area contributed by atoms with Crippen molar-refractivity contribution >= 4 is 17.5 Å². The van der Waals surface area contributed by atoms with Gasteiger partial charge in [0.05, 0.1) is 18.1 Å². The summed E-state index contributed by atoms with van der Waals surface area (Å²) in [7, 11) is 1.47. The van der Waals surface area contributed by atoms with Crippen molar-refractivity contribution in [3.8, 4) is 6.07 Å². The molecule has 39 heavy (non-hydrogen) atoms. The summed E-state index contributed by atoms with van der Waals surface area (Å²) in [5.41, 5.74) is -1.65. The molecule has 0 aromatic carbocycles. The average molecular weight is 536 g/mol. The van der Waals surface area contributed by atoms with Gasteiger partial charge in [-0.25, -0.2) is 0 Å². The van der Waals surface area contributed by atoms with Crippen LogP contribution in [0.4, 0.5) is 0 Å². The van der Waals surface area contributed by atoms with Crippen LogP contribution < -0.4 is 0 Å². The van der Waals surface area contributed by atoms with Gasteiger partial charge in [0.25, 0.3) is 0 Å². The monoisotopic (exact) mass is 535 g/mol. The molecule has 5 rings (SSSR count). The fraction of sp³-hybridized carbons (Fsp3) is 0.758. The lowest BCUT2D eigenvalue weighted by Gasteiger charge is -2.69. The van der Waals surface area contributed by atoms with Gasteiger partial charge < -0.3 is 9.84 Å². The van der Waals surface area contributed by atoms with Gasteiger partial charge in [-0.3, -0.25) is 14.4 Å². The third-order valence-corrected chi connectivity index (χ3v) is 12.9. The molecule has 0 bridgehead atoms. The number of hydrogen-bond donors (Lipinski definition) is 1. The molecule has 0 aromatic rings. The van der Waals surface area contributed by atoms with Crippen LogP contribution in [0.15, 0.2) is 23.3 Å². The Morgan fingerprint density at radius 1 is 1.08 bits per heavy atom. The number of rotatable bonds is 3. The van der Waals surface area contributed by atoms with E-state index in [1.807, 2.05) is 19.1 Å². The third kappa shape index (κ3) is 3.44. The van der Waals surface area contributed by atoms with Gasteiger partial charge in [0.15, 0.2) is 11.6 Å². The quantitative estimate of drug-likeness (QED) is 0.462. The molecule has 3 saturated carbocycles. The molecular formula is C33H45NO5. The number of ether oxygens (including phenoxy) is 1. The Labute approximate surface area is 233 Å². The van der Waals surface area contributed by atoms with E-state index in [2.05, 4.69) is 40.7 Å². The molecule has 0 spiro atoms. The highest BCUT2D eigenvalue weighted by Crippen LogP contribution is 2.74. The lowest BCUT2D eigenvalue weighted by atomic mass is 9.34. The average Bonchev–Trinajstić information content (AvgIpc) is 2.87. The van der Waals surface area contributed by atoms with Crippen LogP contribution in [0.25, 0.3) is 0 Å². The molecule has 0 amide bonds. The maximum absolute atomic E-state index is 14.4. The zero-order valence-corrected chi connectivity index (χ0v) is 24.8. The van der Waals surface area contributed by atoms with Crippen LogP contribution in [0.2, 0.25) is 0 Å². The van der Waals surface area contributed by atoms with Gasteiger partial charge in [-0.1, -0.05) is 53.2 Å². The largest absolute Gasteiger partial charge is 0.469 e. The van der Waals surface area contributed by atoms with Gasteiger partial charge in [-0.05, 0) is 85.5 Å². The van der Waals surface area contributed by atoms with Crippen LogP contribution in [0.3, 0.4) is 0 Å². The van der Waals surface area contributed by atoms with Crippen molar-refractivity contribution in [1.82, 2.24) is 0 Å². The van der Waals surface area contributed by atoms with Gasteiger partial charge >= 0.3 is 5.97 Å². The Morgan fingerprint density at radius 3 is 2.36 bits per heavy atom. The Balaban J connectivity index is 1.70. The zero-order valence-electron chi connectivity index (χ0n) is 24.8. The molecule has 6 heteroatoms. The first kappa shape index (κ1) is 28.3. The molecule has 3 unspecified atom stereocenters. The summed E-state index contributed by atoms with van der Waals surface area (Å²) in [4.78, 5) is 41.3.